The third-order valence-electron chi connectivity index (χ3n) is 7.37. The van der Waals surface area contributed by atoms with E-state index in [0.717, 1.165) is 11.1 Å². The smallest absolute Gasteiger partial charge is 0.345 e. The topological polar surface area (TPSA) is 124 Å². The van der Waals surface area contributed by atoms with Crippen molar-refractivity contribution in [2.75, 3.05) is 6.61 Å². The molecule has 3 aromatic rings. The number of esters is 1. The van der Waals surface area contributed by atoms with Gasteiger partial charge in [0.15, 0.2) is 23.9 Å². The number of aliphatic hydroxyl groups excluding tert-OH is 2. The van der Waals surface area contributed by atoms with Gasteiger partial charge in [0.05, 0.1) is 6.61 Å². The predicted octanol–water partition coefficient (Wildman–Crippen LogP) is 2.41. The Bertz CT molecular complexity index is 1300. The summed E-state index contributed by atoms with van der Waals surface area (Å²) in [5.74, 6) is -3.12. The molecule has 6 atom stereocenters. The van der Waals surface area contributed by atoms with Crippen LogP contribution in [0.5, 0.6) is 11.5 Å². The maximum Gasteiger partial charge on any atom is 0.345 e. The Kier molecular flexibility index (Phi) is 6.33. The van der Waals surface area contributed by atoms with Gasteiger partial charge in [-0.1, -0.05) is 66.7 Å². The van der Waals surface area contributed by atoms with E-state index in [9.17, 15) is 20.1 Å². The van der Waals surface area contributed by atoms with Crippen LogP contribution in [0.4, 0.5) is 0 Å². The molecule has 3 fully saturated rings. The van der Waals surface area contributed by atoms with Crippen LogP contribution < -0.4 is 9.47 Å². The molecule has 0 amide bonds. The molecule has 9 heteroatoms. The molecule has 1 unspecified atom stereocenters. The Morgan fingerprint density at radius 3 is 2.16 bits per heavy atom. The number of ether oxygens (including phenoxy) is 5. The highest BCUT2D eigenvalue weighted by molar-refractivity contribution is 5.86. The first kappa shape index (κ1) is 24.8. The Morgan fingerprint density at radius 2 is 1.50 bits per heavy atom. The second-order valence-corrected chi connectivity index (χ2v) is 9.75. The van der Waals surface area contributed by atoms with Crippen LogP contribution in [0.25, 0.3) is 0 Å². The molecule has 3 aromatic carbocycles. The monoisotopic (exact) mass is 520 g/mol. The van der Waals surface area contributed by atoms with E-state index in [0.29, 0.717) is 23.7 Å². The summed E-state index contributed by atoms with van der Waals surface area (Å²) in [5.41, 5.74) is 0.425. The minimum atomic E-state index is -2.26. The van der Waals surface area contributed by atoms with Gasteiger partial charge in [0.2, 0.25) is 11.4 Å². The average Bonchev–Trinajstić information content (AvgIpc) is 3.52. The van der Waals surface area contributed by atoms with Crippen LogP contribution in [0.3, 0.4) is 0 Å². The van der Waals surface area contributed by atoms with E-state index in [-0.39, 0.29) is 19.6 Å². The molecule has 9 nitrogen and oxygen atoms in total. The highest BCUT2D eigenvalue weighted by Crippen LogP contribution is 2.57. The molecule has 198 valence electrons. The molecule has 3 aliphatic heterocycles. The zero-order valence-corrected chi connectivity index (χ0v) is 20.4. The first-order valence-corrected chi connectivity index (χ1v) is 12.5. The summed E-state index contributed by atoms with van der Waals surface area (Å²) in [4.78, 5) is 13.1. The highest BCUT2D eigenvalue weighted by Gasteiger charge is 2.79. The maximum atomic E-state index is 13.1. The minimum Gasteiger partial charge on any atom is -0.485 e. The van der Waals surface area contributed by atoms with Crippen molar-refractivity contribution < 1.29 is 43.8 Å². The van der Waals surface area contributed by atoms with Crippen molar-refractivity contribution in [2.24, 2.45) is 0 Å². The molecule has 38 heavy (non-hydrogen) atoms. The van der Waals surface area contributed by atoms with Gasteiger partial charge < -0.3 is 39.0 Å². The molecule has 0 bridgehead atoms. The number of fused-ring (bicyclic) bond motifs is 2. The summed E-state index contributed by atoms with van der Waals surface area (Å²) in [6.45, 7) is 0.348. The zero-order valence-electron chi connectivity index (χ0n) is 20.4. The van der Waals surface area contributed by atoms with Gasteiger partial charge in [-0.2, -0.15) is 0 Å². The van der Waals surface area contributed by atoms with Gasteiger partial charge in [-0.25, -0.2) is 4.79 Å². The molecule has 1 spiro atoms. The molecule has 0 aliphatic carbocycles. The first-order chi connectivity index (χ1) is 18.4. The Balaban J connectivity index is 1.35. The number of carbonyl (C=O) groups excluding carboxylic acids is 1. The summed E-state index contributed by atoms with van der Waals surface area (Å²) in [6, 6.07) is 24.5. The van der Waals surface area contributed by atoms with Gasteiger partial charge in [0.25, 0.3) is 0 Å². The van der Waals surface area contributed by atoms with Crippen molar-refractivity contribution in [1.82, 2.24) is 0 Å². The number of benzene rings is 3. The molecular weight excluding hydrogens is 492 g/mol. The third kappa shape index (κ3) is 4.03. The second kappa shape index (κ2) is 9.68. The second-order valence-electron chi connectivity index (χ2n) is 9.75. The van der Waals surface area contributed by atoms with Crippen molar-refractivity contribution in [3.05, 3.63) is 95.6 Å². The Morgan fingerprint density at radius 1 is 0.868 bits per heavy atom. The van der Waals surface area contributed by atoms with Crippen molar-refractivity contribution in [3.63, 3.8) is 0 Å². The van der Waals surface area contributed by atoms with E-state index in [1.54, 1.807) is 18.2 Å². The molecule has 0 aromatic heterocycles. The van der Waals surface area contributed by atoms with Gasteiger partial charge in [0, 0.05) is 12.3 Å². The lowest BCUT2D eigenvalue weighted by Gasteiger charge is -2.36. The quantitative estimate of drug-likeness (QED) is 0.403. The van der Waals surface area contributed by atoms with Gasteiger partial charge in [-0.15, -0.1) is 0 Å². The fourth-order valence-corrected chi connectivity index (χ4v) is 5.52. The summed E-state index contributed by atoms with van der Waals surface area (Å²) < 4.78 is 28.8. The number of hydrogen-bond acceptors (Lipinski definition) is 9. The standard InChI is InChI=1S/C29H28O9/c30-22-17-36-29(33)26(22)37-27(32)28(29)21(14-25(31)38-28)20-11-12-23(34-15-18-7-3-1-4-8-18)24(13-20)35-16-19-9-5-2-6-10-19/h1-13,21-22,25-26,30-31,33H,14-17H2/t21-,22+,25?,26-,28-,29+/m1/s1. The molecule has 0 radical (unpaired) electrons. The van der Waals surface area contributed by atoms with Crippen LogP contribution in [0.1, 0.15) is 29.0 Å². The predicted molar refractivity (Wildman–Crippen MR) is 132 cm³/mol. The lowest BCUT2D eigenvalue weighted by atomic mass is 9.76. The molecule has 3 saturated heterocycles. The first-order valence-electron chi connectivity index (χ1n) is 12.5. The number of rotatable bonds is 7. The Hall–Kier alpha value is -3.47. The van der Waals surface area contributed by atoms with Crippen LogP contribution >= 0.6 is 0 Å². The molecule has 3 N–H and O–H groups in total. The zero-order chi connectivity index (χ0) is 26.3. The fourth-order valence-electron chi connectivity index (χ4n) is 5.52. The van der Waals surface area contributed by atoms with Gasteiger partial charge >= 0.3 is 5.97 Å². The van der Waals surface area contributed by atoms with E-state index in [1.807, 2.05) is 60.7 Å². The molecule has 3 aliphatic rings. The van der Waals surface area contributed by atoms with Crippen molar-refractivity contribution in [3.8, 4) is 11.5 Å². The van der Waals surface area contributed by atoms with E-state index in [4.69, 9.17) is 23.7 Å². The minimum absolute atomic E-state index is 0.00801. The van der Waals surface area contributed by atoms with Crippen molar-refractivity contribution >= 4 is 5.97 Å². The summed E-state index contributed by atoms with van der Waals surface area (Å²) in [6.07, 6.45) is -3.92. The van der Waals surface area contributed by atoms with Gasteiger partial charge in [-0.3, -0.25) is 0 Å². The van der Waals surface area contributed by atoms with Gasteiger partial charge in [-0.05, 0) is 28.8 Å². The molecular formula is C29H28O9. The lowest BCUT2D eigenvalue weighted by molar-refractivity contribution is -0.287. The van der Waals surface area contributed by atoms with E-state index >= 15 is 0 Å². The average molecular weight is 521 g/mol. The van der Waals surface area contributed by atoms with E-state index < -0.39 is 41.8 Å². The fraction of sp³-hybridized carbons (Fsp3) is 0.345. The Labute approximate surface area is 219 Å². The molecule has 6 rings (SSSR count). The normalized spacial score (nSPS) is 31.8. The van der Waals surface area contributed by atoms with Crippen molar-refractivity contribution in [2.45, 2.75) is 55.4 Å². The number of carbonyl (C=O) groups is 1. The summed E-state index contributed by atoms with van der Waals surface area (Å²) in [7, 11) is 0. The third-order valence-corrected chi connectivity index (χ3v) is 7.37. The van der Waals surface area contributed by atoms with E-state index in [1.165, 1.54) is 0 Å². The number of aliphatic hydroxyl groups is 3. The lowest BCUT2D eigenvalue weighted by Crippen LogP contribution is -2.60. The van der Waals surface area contributed by atoms with Crippen LogP contribution in [0, 0.1) is 0 Å². The molecule has 0 saturated carbocycles. The maximum absolute atomic E-state index is 13.1. The van der Waals surface area contributed by atoms with Crippen LogP contribution in [-0.4, -0.2) is 57.8 Å². The van der Waals surface area contributed by atoms with Gasteiger partial charge in [0.1, 0.15) is 19.3 Å². The van der Waals surface area contributed by atoms with Crippen molar-refractivity contribution in [1.29, 1.82) is 0 Å². The summed E-state index contributed by atoms with van der Waals surface area (Å²) in [5, 5.41) is 32.2. The highest BCUT2D eigenvalue weighted by atomic mass is 16.8. The van der Waals surface area contributed by atoms with Crippen LogP contribution in [0.15, 0.2) is 78.9 Å². The van der Waals surface area contributed by atoms with E-state index in [2.05, 4.69) is 0 Å². The SMILES string of the molecule is O=C1O[C@@H]2[C@@H](O)CO[C@]2(O)[C@]12OC(O)C[C@@H]2c1ccc(OCc2ccccc2)c(OCc2ccccc2)c1. The van der Waals surface area contributed by atoms with Crippen LogP contribution in [0.2, 0.25) is 0 Å². The van der Waals surface area contributed by atoms with Crippen LogP contribution in [-0.2, 0) is 32.2 Å². The molecule has 3 heterocycles. The largest absolute Gasteiger partial charge is 0.485 e. The summed E-state index contributed by atoms with van der Waals surface area (Å²) >= 11 is 0. The number of hydrogen-bond donors (Lipinski definition) is 3.